The van der Waals surface area contributed by atoms with Gasteiger partial charge in [-0.05, 0) is 37.3 Å². The Labute approximate surface area is 95.3 Å². The van der Waals surface area contributed by atoms with Crippen molar-refractivity contribution in [2.75, 3.05) is 11.4 Å². The maximum Gasteiger partial charge on any atom is 0.131 e. The summed E-state index contributed by atoms with van der Waals surface area (Å²) >= 11 is 5.93. The van der Waals surface area contributed by atoms with Crippen LogP contribution in [-0.4, -0.2) is 17.6 Å². The molecule has 2 atom stereocenters. The van der Waals surface area contributed by atoms with Crippen molar-refractivity contribution in [2.45, 2.75) is 31.7 Å². The highest BCUT2D eigenvalue weighted by Crippen LogP contribution is 2.39. The van der Waals surface area contributed by atoms with Gasteiger partial charge in [0.15, 0.2) is 0 Å². The molecule has 2 heterocycles. The van der Waals surface area contributed by atoms with Gasteiger partial charge in [0, 0.05) is 12.6 Å². The van der Waals surface area contributed by atoms with E-state index in [9.17, 15) is 0 Å². The zero-order valence-corrected chi connectivity index (χ0v) is 9.45. The third-order valence-electron chi connectivity index (χ3n) is 3.75. The van der Waals surface area contributed by atoms with Crippen LogP contribution in [0.15, 0.2) is 18.2 Å². The second-order valence-corrected chi connectivity index (χ2v) is 4.95. The molecule has 1 aromatic heterocycles. The summed E-state index contributed by atoms with van der Waals surface area (Å²) in [6, 6.07) is 6.64. The number of halogens is 1. The minimum atomic E-state index is 0.606. The van der Waals surface area contributed by atoms with Crippen LogP contribution in [0, 0.1) is 5.92 Å². The lowest BCUT2D eigenvalue weighted by Crippen LogP contribution is -2.30. The number of rotatable bonds is 1. The van der Waals surface area contributed by atoms with Crippen LogP contribution in [0.25, 0.3) is 0 Å². The van der Waals surface area contributed by atoms with E-state index in [4.69, 9.17) is 11.6 Å². The van der Waals surface area contributed by atoms with Crippen LogP contribution >= 0.6 is 11.6 Å². The molecule has 2 unspecified atom stereocenters. The lowest BCUT2D eigenvalue weighted by Gasteiger charge is -2.24. The molecule has 1 saturated heterocycles. The van der Waals surface area contributed by atoms with Crippen molar-refractivity contribution in [3.63, 3.8) is 0 Å². The monoisotopic (exact) mass is 222 g/mol. The molecule has 0 spiro atoms. The summed E-state index contributed by atoms with van der Waals surface area (Å²) in [6.07, 6.45) is 5.45. The van der Waals surface area contributed by atoms with E-state index >= 15 is 0 Å². The Bertz CT molecular complexity index is 366. The first-order valence-electron chi connectivity index (χ1n) is 5.74. The van der Waals surface area contributed by atoms with Gasteiger partial charge >= 0.3 is 0 Å². The molecule has 0 aromatic carbocycles. The number of pyridine rings is 1. The van der Waals surface area contributed by atoms with Gasteiger partial charge in [0.05, 0.1) is 0 Å². The third-order valence-corrected chi connectivity index (χ3v) is 3.97. The molecule has 2 aliphatic rings. The van der Waals surface area contributed by atoms with Gasteiger partial charge in [0.25, 0.3) is 0 Å². The predicted molar refractivity (Wildman–Crippen MR) is 62.3 cm³/mol. The molecule has 1 aliphatic carbocycles. The lowest BCUT2D eigenvalue weighted by molar-refractivity contribution is 0.540. The number of anilines is 1. The van der Waals surface area contributed by atoms with Crippen molar-refractivity contribution in [1.82, 2.24) is 4.98 Å². The summed E-state index contributed by atoms with van der Waals surface area (Å²) in [4.78, 5) is 6.85. The molecule has 0 N–H and O–H groups in total. The molecule has 0 bridgehead atoms. The highest BCUT2D eigenvalue weighted by atomic mass is 35.5. The molecule has 2 fully saturated rings. The third kappa shape index (κ3) is 1.61. The van der Waals surface area contributed by atoms with Crippen molar-refractivity contribution in [3.8, 4) is 0 Å². The molecule has 1 aliphatic heterocycles. The number of hydrogen-bond acceptors (Lipinski definition) is 2. The van der Waals surface area contributed by atoms with Gasteiger partial charge in [0.2, 0.25) is 0 Å². The molecule has 1 saturated carbocycles. The summed E-state index contributed by atoms with van der Waals surface area (Å²) in [5.74, 6) is 1.97. The van der Waals surface area contributed by atoms with E-state index in [1.165, 1.54) is 25.7 Å². The van der Waals surface area contributed by atoms with Crippen molar-refractivity contribution in [2.24, 2.45) is 5.92 Å². The van der Waals surface area contributed by atoms with Gasteiger partial charge in [-0.15, -0.1) is 0 Å². The molecule has 80 valence electrons. The molecule has 15 heavy (non-hydrogen) atoms. The summed E-state index contributed by atoms with van der Waals surface area (Å²) in [5, 5.41) is 0.606. The van der Waals surface area contributed by atoms with Crippen LogP contribution in [-0.2, 0) is 0 Å². The summed E-state index contributed by atoms with van der Waals surface area (Å²) in [6.45, 7) is 1.16. The average molecular weight is 223 g/mol. The van der Waals surface area contributed by atoms with Gasteiger partial charge in [-0.25, -0.2) is 4.98 Å². The van der Waals surface area contributed by atoms with E-state index in [2.05, 4.69) is 16.0 Å². The van der Waals surface area contributed by atoms with Crippen LogP contribution < -0.4 is 4.90 Å². The molecular weight excluding hydrogens is 208 g/mol. The van der Waals surface area contributed by atoms with E-state index in [0.717, 1.165) is 24.3 Å². The van der Waals surface area contributed by atoms with Gasteiger partial charge in [-0.3, -0.25) is 0 Å². The standard InChI is InChI=1S/C12H15ClN2/c13-11-5-2-6-12(14-11)15-8-7-9-3-1-4-10(9)15/h2,5-6,9-10H,1,3-4,7-8H2. The van der Waals surface area contributed by atoms with Crippen LogP contribution in [0.4, 0.5) is 5.82 Å². The number of fused-ring (bicyclic) bond motifs is 1. The number of nitrogens with zero attached hydrogens (tertiary/aromatic N) is 2. The Hall–Kier alpha value is -0.760. The molecule has 0 amide bonds. The molecule has 0 radical (unpaired) electrons. The Morgan fingerprint density at radius 3 is 3.07 bits per heavy atom. The number of aromatic nitrogens is 1. The van der Waals surface area contributed by atoms with E-state index in [0.29, 0.717) is 5.15 Å². The van der Waals surface area contributed by atoms with Crippen molar-refractivity contribution < 1.29 is 0 Å². The SMILES string of the molecule is Clc1cccc(N2CCC3CCCC32)n1. The Morgan fingerprint density at radius 1 is 1.27 bits per heavy atom. The summed E-state index contributed by atoms with van der Waals surface area (Å²) < 4.78 is 0. The van der Waals surface area contributed by atoms with Crippen LogP contribution in [0.3, 0.4) is 0 Å². The van der Waals surface area contributed by atoms with Crippen LogP contribution in [0.5, 0.6) is 0 Å². The molecule has 3 heteroatoms. The fourth-order valence-corrected chi connectivity index (χ4v) is 3.24. The largest absolute Gasteiger partial charge is 0.353 e. The lowest BCUT2D eigenvalue weighted by atomic mass is 10.0. The molecular formula is C12H15ClN2. The topological polar surface area (TPSA) is 16.1 Å². The second-order valence-electron chi connectivity index (χ2n) is 4.56. The predicted octanol–water partition coefficient (Wildman–Crippen LogP) is 3.11. The van der Waals surface area contributed by atoms with E-state index < -0.39 is 0 Å². The van der Waals surface area contributed by atoms with Gasteiger partial charge in [-0.2, -0.15) is 0 Å². The van der Waals surface area contributed by atoms with E-state index in [1.807, 2.05) is 12.1 Å². The first-order chi connectivity index (χ1) is 7.34. The zero-order valence-electron chi connectivity index (χ0n) is 8.69. The van der Waals surface area contributed by atoms with Crippen molar-refractivity contribution in [3.05, 3.63) is 23.4 Å². The van der Waals surface area contributed by atoms with Gasteiger partial charge in [-0.1, -0.05) is 24.1 Å². The normalized spacial score (nSPS) is 29.5. The highest BCUT2D eigenvalue weighted by Gasteiger charge is 2.37. The van der Waals surface area contributed by atoms with E-state index in [-0.39, 0.29) is 0 Å². The minimum absolute atomic E-state index is 0.606. The van der Waals surface area contributed by atoms with Gasteiger partial charge < -0.3 is 4.90 Å². The van der Waals surface area contributed by atoms with Gasteiger partial charge in [0.1, 0.15) is 11.0 Å². The zero-order chi connectivity index (χ0) is 10.3. The Kier molecular flexibility index (Phi) is 2.32. The average Bonchev–Trinajstić information content (AvgIpc) is 2.77. The quantitative estimate of drug-likeness (QED) is 0.679. The Morgan fingerprint density at radius 2 is 2.20 bits per heavy atom. The highest BCUT2D eigenvalue weighted by molar-refractivity contribution is 6.29. The van der Waals surface area contributed by atoms with Crippen molar-refractivity contribution in [1.29, 1.82) is 0 Å². The van der Waals surface area contributed by atoms with Crippen LogP contribution in [0.1, 0.15) is 25.7 Å². The molecule has 2 nitrogen and oxygen atoms in total. The first kappa shape index (κ1) is 9.46. The van der Waals surface area contributed by atoms with Crippen molar-refractivity contribution >= 4 is 17.4 Å². The Balaban J connectivity index is 1.88. The minimum Gasteiger partial charge on any atom is -0.353 e. The first-order valence-corrected chi connectivity index (χ1v) is 6.11. The maximum atomic E-state index is 5.93. The molecule has 3 rings (SSSR count). The van der Waals surface area contributed by atoms with E-state index in [1.54, 1.807) is 0 Å². The second kappa shape index (κ2) is 3.67. The maximum absolute atomic E-state index is 5.93. The fourth-order valence-electron chi connectivity index (χ4n) is 3.08. The fraction of sp³-hybridized carbons (Fsp3) is 0.583. The van der Waals surface area contributed by atoms with Crippen LogP contribution in [0.2, 0.25) is 5.15 Å². The smallest absolute Gasteiger partial charge is 0.131 e. The number of hydrogen-bond donors (Lipinski definition) is 0. The summed E-state index contributed by atoms with van der Waals surface area (Å²) in [5.41, 5.74) is 0. The summed E-state index contributed by atoms with van der Waals surface area (Å²) in [7, 11) is 0. The molecule has 1 aromatic rings.